The number of anilines is 3. The SMILES string of the molecule is CCN(CC)c1ccc(NC(=O)CCc2nnc(C(=O)Nc3ccc(C)cc3)s2)c(C)c1. The number of amides is 2. The maximum atomic E-state index is 12.4. The molecule has 1 aromatic heterocycles. The standard InChI is InChI=1S/C24H29N5O2S/c1-5-29(6-2)19-11-12-20(17(4)15-19)26-21(30)13-14-22-27-28-24(32-22)23(31)25-18-9-7-16(3)8-10-18/h7-12,15H,5-6,13-14H2,1-4H3,(H,25,31)(H,26,30). The number of aromatic nitrogens is 2. The van der Waals surface area contributed by atoms with Crippen molar-refractivity contribution in [3.05, 3.63) is 63.6 Å². The third-order valence-corrected chi connectivity index (χ3v) is 6.13. The largest absolute Gasteiger partial charge is 0.372 e. The highest BCUT2D eigenvalue weighted by Gasteiger charge is 2.14. The lowest BCUT2D eigenvalue weighted by atomic mass is 10.1. The first kappa shape index (κ1) is 23.4. The molecule has 0 unspecified atom stereocenters. The molecule has 0 aliphatic heterocycles. The lowest BCUT2D eigenvalue weighted by Crippen LogP contribution is -2.22. The Morgan fingerprint density at radius 3 is 2.34 bits per heavy atom. The summed E-state index contributed by atoms with van der Waals surface area (Å²) < 4.78 is 0. The Labute approximate surface area is 192 Å². The lowest BCUT2D eigenvalue weighted by Gasteiger charge is -2.22. The van der Waals surface area contributed by atoms with E-state index in [2.05, 4.69) is 45.6 Å². The number of aryl methyl sites for hydroxylation is 3. The number of hydrogen-bond donors (Lipinski definition) is 2. The van der Waals surface area contributed by atoms with Crippen molar-refractivity contribution in [1.82, 2.24) is 10.2 Å². The van der Waals surface area contributed by atoms with Crippen LogP contribution in [0.25, 0.3) is 0 Å². The van der Waals surface area contributed by atoms with Gasteiger partial charge in [-0.05, 0) is 63.6 Å². The molecule has 8 heteroatoms. The van der Waals surface area contributed by atoms with Crippen molar-refractivity contribution in [3.8, 4) is 0 Å². The molecule has 0 atom stereocenters. The van der Waals surface area contributed by atoms with Gasteiger partial charge in [-0.3, -0.25) is 9.59 Å². The summed E-state index contributed by atoms with van der Waals surface area (Å²) >= 11 is 1.21. The number of benzene rings is 2. The molecule has 0 aliphatic carbocycles. The normalized spacial score (nSPS) is 10.6. The average molecular weight is 452 g/mol. The van der Waals surface area contributed by atoms with E-state index in [1.54, 1.807) is 0 Å². The molecule has 2 aromatic carbocycles. The van der Waals surface area contributed by atoms with Gasteiger partial charge in [-0.15, -0.1) is 10.2 Å². The van der Waals surface area contributed by atoms with E-state index in [9.17, 15) is 9.59 Å². The Morgan fingerprint density at radius 1 is 0.969 bits per heavy atom. The fourth-order valence-corrected chi connectivity index (χ4v) is 4.01. The Bertz CT molecular complexity index is 1070. The molecule has 3 aromatic rings. The summed E-state index contributed by atoms with van der Waals surface area (Å²) in [5.74, 6) is -0.393. The van der Waals surface area contributed by atoms with Crippen LogP contribution in [0.3, 0.4) is 0 Å². The van der Waals surface area contributed by atoms with Crippen molar-refractivity contribution in [1.29, 1.82) is 0 Å². The van der Waals surface area contributed by atoms with Crippen LogP contribution in [0.1, 0.15) is 46.2 Å². The van der Waals surface area contributed by atoms with Gasteiger partial charge in [0, 0.05) is 43.0 Å². The number of carbonyl (C=O) groups is 2. The van der Waals surface area contributed by atoms with Crippen LogP contribution in [0.15, 0.2) is 42.5 Å². The maximum Gasteiger partial charge on any atom is 0.286 e. The summed E-state index contributed by atoms with van der Waals surface area (Å²) in [7, 11) is 0. The fraction of sp³-hybridized carbons (Fsp3) is 0.333. The van der Waals surface area contributed by atoms with Gasteiger partial charge in [0.25, 0.3) is 5.91 Å². The highest BCUT2D eigenvalue weighted by Crippen LogP contribution is 2.23. The summed E-state index contributed by atoms with van der Waals surface area (Å²) in [5.41, 5.74) is 4.81. The highest BCUT2D eigenvalue weighted by molar-refractivity contribution is 7.13. The molecule has 7 nitrogen and oxygen atoms in total. The second-order valence-corrected chi connectivity index (χ2v) is 8.60. The molecule has 2 N–H and O–H groups in total. The molecule has 3 rings (SSSR count). The van der Waals surface area contributed by atoms with Crippen LogP contribution in [0, 0.1) is 13.8 Å². The molecule has 2 amide bonds. The zero-order chi connectivity index (χ0) is 23.1. The summed E-state index contributed by atoms with van der Waals surface area (Å²) in [6.07, 6.45) is 0.698. The molecule has 0 saturated heterocycles. The van der Waals surface area contributed by atoms with Crippen molar-refractivity contribution in [2.75, 3.05) is 28.6 Å². The van der Waals surface area contributed by atoms with Gasteiger partial charge >= 0.3 is 0 Å². The second-order valence-electron chi connectivity index (χ2n) is 7.54. The van der Waals surface area contributed by atoms with E-state index in [0.29, 0.717) is 17.1 Å². The smallest absolute Gasteiger partial charge is 0.286 e. The zero-order valence-corrected chi connectivity index (χ0v) is 19.8. The van der Waals surface area contributed by atoms with Crippen LogP contribution >= 0.6 is 11.3 Å². The Hall–Kier alpha value is -3.26. The Kier molecular flexibility index (Phi) is 7.94. The minimum absolute atomic E-state index is 0.0930. The number of rotatable bonds is 9. The molecular formula is C24H29N5O2S. The Balaban J connectivity index is 1.53. The fourth-order valence-electron chi connectivity index (χ4n) is 3.27. The van der Waals surface area contributed by atoms with E-state index in [1.807, 2.05) is 50.2 Å². The van der Waals surface area contributed by atoms with Crippen LogP contribution < -0.4 is 15.5 Å². The molecule has 0 fully saturated rings. The van der Waals surface area contributed by atoms with Crippen molar-refractivity contribution in [2.45, 2.75) is 40.5 Å². The van der Waals surface area contributed by atoms with Gasteiger partial charge in [0.15, 0.2) is 0 Å². The summed E-state index contributed by atoms with van der Waals surface area (Å²) in [5, 5.41) is 14.7. The number of hydrogen-bond acceptors (Lipinski definition) is 6. The molecule has 32 heavy (non-hydrogen) atoms. The minimum Gasteiger partial charge on any atom is -0.372 e. The monoisotopic (exact) mass is 451 g/mol. The number of nitrogens with one attached hydrogen (secondary N) is 2. The topological polar surface area (TPSA) is 87.2 Å². The first-order valence-corrected chi connectivity index (χ1v) is 11.6. The maximum absolute atomic E-state index is 12.4. The van der Waals surface area contributed by atoms with Gasteiger partial charge in [0.1, 0.15) is 5.01 Å². The third-order valence-electron chi connectivity index (χ3n) is 5.15. The minimum atomic E-state index is -0.300. The van der Waals surface area contributed by atoms with Gasteiger partial charge in [-0.2, -0.15) is 0 Å². The van der Waals surface area contributed by atoms with Crippen LogP contribution in [0.4, 0.5) is 17.1 Å². The Morgan fingerprint density at radius 2 is 1.69 bits per heavy atom. The molecule has 0 bridgehead atoms. The van der Waals surface area contributed by atoms with E-state index in [4.69, 9.17) is 0 Å². The van der Waals surface area contributed by atoms with E-state index in [1.165, 1.54) is 11.3 Å². The summed E-state index contributed by atoms with van der Waals surface area (Å²) in [6, 6.07) is 13.6. The quantitative estimate of drug-likeness (QED) is 0.487. The molecule has 0 radical (unpaired) electrons. The van der Waals surface area contributed by atoms with E-state index >= 15 is 0 Å². The van der Waals surface area contributed by atoms with Crippen LogP contribution in [0.5, 0.6) is 0 Å². The molecule has 0 aliphatic rings. The molecule has 0 saturated carbocycles. The zero-order valence-electron chi connectivity index (χ0n) is 18.9. The first-order valence-electron chi connectivity index (χ1n) is 10.8. The van der Waals surface area contributed by atoms with Gasteiger partial charge in [0.05, 0.1) is 0 Å². The van der Waals surface area contributed by atoms with Crippen LogP contribution in [-0.4, -0.2) is 35.1 Å². The van der Waals surface area contributed by atoms with Gasteiger partial charge in [0.2, 0.25) is 10.9 Å². The van der Waals surface area contributed by atoms with Crippen molar-refractivity contribution < 1.29 is 9.59 Å². The van der Waals surface area contributed by atoms with Gasteiger partial charge < -0.3 is 15.5 Å². The highest BCUT2D eigenvalue weighted by atomic mass is 32.1. The van der Waals surface area contributed by atoms with Gasteiger partial charge in [-0.25, -0.2) is 0 Å². The van der Waals surface area contributed by atoms with E-state index in [-0.39, 0.29) is 23.2 Å². The summed E-state index contributed by atoms with van der Waals surface area (Å²) in [4.78, 5) is 27.1. The number of nitrogens with zero attached hydrogens (tertiary/aromatic N) is 3. The van der Waals surface area contributed by atoms with E-state index < -0.39 is 0 Å². The lowest BCUT2D eigenvalue weighted by molar-refractivity contribution is -0.116. The second kappa shape index (κ2) is 10.9. The van der Waals surface area contributed by atoms with Crippen LogP contribution in [-0.2, 0) is 11.2 Å². The average Bonchev–Trinajstić information content (AvgIpc) is 3.26. The van der Waals surface area contributed by atoms with Crippen molar-refractivity contribution >= 4 is 40.2 Å². The van der Waals surface area contributed by atoms with E-state index in [0.717, 1.165) is 35.6 Å². The molecule has 0 spiro atoms. The predicted molar refractivity (Wildman–Crippen MR) is 131 cm³/mol. The third kappa shape index (κ3) is 6.13. The van der Waals surface area contributed by atoms with Gasteiger partial charge in [-0.1, -0.05) is 29.0 Å². The number of carbonyl (C=O) groups excluding carboxylic acids is 2. The summed E-state index contributed by atoms with van der Waals surface area (Å²) in [6.45, 7) is 10.1. The van der Waals surface area contributed by atoms with Crippen LogP contribution in [0.2, 0.25) is 0 Å². The predicted octanol–water partition coefficient (Wildman–Crippen LogP) is 4.82. The first-order chi connectivity index (χ1) is 15.4. The van der Waals surface area contributed by atoms with Crippen molar-refractivity contribution in [3.63, 3.8) is 0 Å². The molecule has 168 valence electrons. The molecular weight excluding hydrogens is 422 g/mol. The van der Waals surface area contributed by atoms with Crippen molar-refractivity contribution in [2.24, 2.45) is 0 Å². The molecule has 1 heterocycles.